The van der Waals surface area contributed by atoms with Gasteiger partial charge in [-0.1, -0.05) is 47.7 Å². The lowest BCUT2D eigenvalue weighted by Gasteiger charge is -2.12. The van der Waals surface area contributed by atoms with Crippen LogP contribution in [0.3, 0.4) is 0 Å². The van der Waals surface area contributed by atoms with Gasteiger partial charge >= 0.3 is 0 Å². The molecule has 1 heterocycles. The molecule has 0 aliphatic carbocycles. The summed E-state index contributed by atoms with van der Waals surface area (Å²) in [7, 11) is 1.66. The molecule has 1 aromatic heterocycles. The first-order valence-corrected chi connectivity index (χ1v) is 9.95. The first kappa shape index (κ1) is 19.0. The number of thioether (sulfide) groups is 1. The summed E-state index contributed by atoms with van der Waals surface area (Å²) in [6.45, 7) is 2.57. The Morgan fingerprint density at radius 1 is 1.22 bits per heavy atom. The van der Waals surface area contributed by atoms with Crippen molar-refractivity contribution < 1.29 is 9.53 Å². The lowest BCUT2D eigenvalue weighted by molar-refractivity contribution is 0.0946. The van der Waals surface area contributed by atoms with E-state index in [4.69, 9.17) is 4.74 Å². The van der Waals surface area contributed by atoms with Crippen LogP contribution in [-0.2, 0) is 6.42 Å². The monoisotopic (exact) mass is 381 g/mol. The SMILES string of the molecule is COc1ccc(C)cc1CCNC(=O)c1cnc(SC)n1-c1ccccc1. The predicted molar refractivity (Wildman–Crippen MR) is 109 cm³/mol. The molecule has 3 rings (SSSR count). The van der Waals surface area contributed by atoms with E-state index in [1.807, 2.05) is 60.2 Å². The molecule has 140 valence electrons. The Labute approximate surface area is 163 Å². The van der Waals surface area contributed by atoms with Gasteiger partial charge in [0.2, 0.25) is 0 Å². The van der Waals surface area contributed by atoms with E-state index in [1.165, 1.54) is 17.3 Å². The van der Waals surface area contributed by atoms with Crippen molar-refractivity contribution in [2.24, 2.45) is 0 Å². The van der Waals surface area contributed by atoms with Crippen LogP contribution in [0, 0.1) is 6.92 Å². The number of rotatable bonds is 7. The van der Waals surface area contributed by atoms with Crippen molar-refractivity contribution >= 4 is 17.7 Å². The number of imidazole rings is 1. The highest BCUT2D eigenvalue weighted by Crippen LogP contribution is 2.22. The van der Waals surface area contributed by atoms with Crippen LogP contribution in [0.2, 0.25) is 0 Å². The van der Waals surface area contributed by atoms with E-state index >= 15 is 0 Å². The van der Waals surface area contributed by atoms with Crippen LogP contribution < -0.4 is 10.1 Å². The van der Waals surface area contributed by atoms with Gasteiger partial charge in [-0.25, -0.2) is 4.98 Å². The molecule has 0 atom stereocenters. The maximum atomic E-state index is 12.8. The minimum absolute atomic E-state index is 0.140. The van der Waals surface area contributed by atoms with Crippen molar-refractivity contribution in [3.05, 3.63) is 71.5 Å². The number of methoxy groups -OCH3 is 1. The number of carbonyl (C=O) groups excluding carboxylic acids is 1. The van der Waals surface area contributed by atoms with Gasteiger partial charge in [-0.05, 0) is 43.4 Å². The molecule has 1 amide bonds. The van der Waals surface area contributed by atoms with E-state index in [0.29, 0.717) is 18.7 Å². The summed E-state index contributed by atoms with van der Waals surface area (Å²) in [6.07, 6.45) is 4.28. The van der Waals surface area contributed by atoms with Crippen LogP contribution >= 0.6 is 11.8 Å². The number of nitrogens with one attached hydrogen (secondary N) is 1. The van der Waals surface area contributed by atoms with Gasteiger partial charge in [0, 0.05) is 12.2 Å². The van der Waals surface area contributed by atoms with Crippen molar-refractivity contribution in [1.29, 1.82) is 0 Å². The molecule has 0 aliphatic rings. The van der Waals surface area contributed by atoms with Crippen molar-refractivity contribution in [2.75, 3.05) is 19.9 Å². The molecule has 0 bridgehead atoms. The predicted octanol–water partition coefficient (Wildman–Crippen LogP) is 3.88. The van der Waals surface area contributed by atoms with Gasteiger partial charge in [-0.15, -0.1) is 0 Å². The van der Waals surface area contributed by atoms with E-state index < -0.39 is 0 Å². The number of hydrogen-bond donors (Lipinski definition) is 1. The van der Waals surface area contributed by atoms with E-state index in [0.717, 1.165) is 22.2 Å². The van der Waals surface area contributed by atoms with E-state index in [-0.39, 0.29) is 5.91 Å². The number of nitrogens with zero attached hydrogens (tertiary/aromatic N) is 2. The lowest BCUT2D eigenvalue weighted by Crippen LogP contribution is -2.27. The van der Waals surface area contributed by atoms with Crippen LogP contribution in [-0.4, -0.2) is 35.4 Å². The molecule has 1 N–H and O–H groups in total. The van der Waals surface area contributed by atoms with Gasteiger partial charge < -0.3 is 10.1 Å². The third-order valence-electron chi connectivity index (χ3n) is 4.27. The topological polar surface area (TPSA) is 56.1 Å². The molecule has 0 fully saturated rings. The second-order valence-corrected chi connectivity index (χ2v) is 6.90. The second kappa shape index (κ2) is 8.77. The molecule has 2 aromatic carbocycles. The summed E-state index contributed by atoms with van der Waals surface area (Å²) < 4.78 is 7.29. The van der Waals surface area contributed by atoms with Crippen molar-refractivity contribution in [2.45, 2.75) is 18.5 Å². The number of amides is 1. The molecule has 3 aromatic rings. The minimum atomic E-state index is -0.140. The van der Waals surface area contributed by atoms with E-state index in [2.05, 4.69) is 16.4 Å². The Kier molecular flexibility index (Phi) is 6.19. The molecule has 0 aliphatic heterocycles. The maximum Gasteiger partial charge on any atom is 0.269 e. The standard InChI is InChI=1S/C21H23N3O2S/c1-15-9-10-19(26-2)16(13-15)11-12-22-20(25)18-14-23-21(27-3)24(18)17-7-5-4-6-8-17/h4-10,13-14H,11-12H2,1-3H3,(H,22,25). The summed E-state index contributed by atoms with van der Waals surface area (Å²) in [6, 6.07) is 15.9. The summed E-state index contributed by atoms with van der Waals surface area (Å²) in [5, 5.41) is 3.79. The smallest absolute Gasteiger partial charge is 0.269 e. The highest BCUT2D eigenvalue weighted by atomic mass is 32.2. The molecule has 0 unspecified atom stereocenters. The van der Waals surface area contributed by atoms with Crippen LogP contribution in [0.25, 0.3) is 5.69 Å². The fourth-order valence-electron chi connectivity index (χ4n) is 2.97. The van der Waals surface area contributed by atoms with Gasteiger partial charge in [-0.3, -0.25) is 9.36 Å². The van der Waals surface area contributed by atoms with Gasteiger partial charge in [0.25, 0.3) is 5.91 Å². The summed E-state index contributed by atoms with van der Waals surface area (Å²) >= 11 is 1.51. The first-order chi connectivity index (χ1) is 13.1. The van der Waals surface area contributed by atoms with E-state index in [1.54, 1.807) is 13.3 Å². The highest BCUT2D eigenvalue weighted by Gasteiger charge is 2.17. The molecule has 0 spiro atoms. The van der Waals surface area contributed by atoms with E-state index in [9.17, 15) is 4.79 Å². The molecule has 0 radical (unpaired) electrons. The summed E-state index contributed by atoms with van der Waals surface area (Å²) in [5.41, 5.74) is 3.70. The average Bonchev–Trinajstić information content (AvgIpc) is 3.13. The fraction of sp³-hybridized carbons (Fsp3) is 0.238. The zero-order valence-corrected chi connectivity index (χ0v) is 16.5. The Morgan fingerprint density at radius 3 is 2.70 bits per heavy atom. The Bertz CT molecular complexity index is 922. The fourth-order valence-corrected chi connectivity index (χ4v) is 3.51. The molecule has 5 nitrogen and oxygen atoms in total. The van der Waals surface area contributed by atoms with Gasteiger partial charge in [-0.2, -0.15) is 0 Å². The van der Waals surface area contributed by atoms with Crippen molar-refractivity contribution in [3.8, 4) is 11.4 Å². The molecular weight excluding hydrogens is 358 g/mol. The second-order valence-electron chi connectivity index (χ2n) is 6.12. The number of carbonyl (C=O) groups is 1. The Balaban J connectivity index is 1.74. The number of ether oxygens (including phenoxy) is 1. The van der Waals surface area contributed by atoms with Crippen LogP contribution in [0.15, 0.2) is 59.9 Å². The number of benzene rings is 2. The summed E-state index contributed by atoms with van der Waals surface area (Å²) in [4.78, 5) is 17.1. The van der Waals surface area contributed by atoms with Gasteiger partial charge in [0.1, 0.15) is 11.4 Å². The van der Waals surface area contributed by atoms with Gasteiger partial charge in [0.15, 0.2) is 5.16 Å². The Hall–Kier alpha value is -2.73. The number of aromatic nitrogens is 2. The van der Waals surface area contributed by atoms with Crippen LogP contribution in [0.4, 0.5) is 0 Å². The molecule has 6 heteroatoms. The maximum absolute atomic E-state index is 12.8. The molecule has 0 saturated carbocycles. The number of para-hydroxylation sites is 1. The third-order valence-corrected chi connectivity index (χ3v) is 4.93. The number of aryl methyl sites for hydroxylation is 1. The first-order valence-electron chi connectivity index (χ1n) is 8.73. The average molecular weight is 382 g/mol. The minimum Gasteiger partial charge on any atom is -0.496 e. The van der Waals surface area contributed by atoms with Crippen LogP contribution in [0.5, 0.6) is 5.75 Å². The van der Waals surface area contributed by atoms with Gasteiger partial charge in [0.05, 0.1) is 13.3 Å². The third kappa shape index (κ3) is 4.34. The molecule has 27 heavy (non-hydrogen) atoms. The Morgan fingerprint density at radius 2 is 2.00 bits per heavy atom. The van der Waals surface area contributed by atoms with Crippen molar-refractivity contribution in [3.63, 3.8) is 0 Å². The van der Waals surface area contributed by atoms with Crippen LogP contribution in [0.1, 0.15) is 21.6 Å². The zero-order chi connectivity index (χ0) is 19.2. The summed E-state index contributed by atoms with van der Waals surface area (Å²) in [5.74, 6) is 0.701. The molecular formula is C21H23N3O2S. The molecule has 0 saturated heterocycles. The zero-order valence-electron chi connectivity index (χ0n) is 15.7. The number of hydrogen-bond acceptors (Lipinski definition) is 4. The largest absolute Gasteiger partial charge is 0.496 e. The quantitative estimate of drug-likeness (QED) is 0.631. The van der Waals surface area contributed by atoms with Crippen molar-refractivity contribution in [1.82, 2.24) is 14.9 Å². The normalized spacial score (nSPS) is 10.6. The highest BCUT2D eigenvalue weighted by molar-refractivity contribution is 7.98. The lowest BCUT2D eigenvalue weighted by atomic mass is 10.1.